The fourth-order valence-electron chi connectivity index (χ4n) is 1.93. The predicted molar refractivity (Wildman–Crippen MR) is 76.3 cm³/mol. The molecule has 2 aromatic rings. The molecule has 1 aromatic carbocycles. The van der Waals surface area contributed by atoms with E-state index in [0.29, 0.717) is 5.92 Å². The van der Waals surface area contributed by atoms with Gasteiger partial charge >= 0.3 is 0 Å². The molecule has 5 heteroatoms. The first kappa shape index (κ1) is 14.8. The van der Waals surface area contributed by atoms with Crippen molar-refractivity contribution >= 4 is 23.4 Å². The van der Waals surface area contributed by atoms with Crippen molar-refractivity contribution in [1.29, 1.82) is 0 Å². The van der Waals surface area contributed by atoms with Crippen molar-refractivity contribution < 1.29 is 4.74 Å². The number of aromatic nitrogens is 2. The van der Waals surface area contributed by atoms with E-state index in [0.717, 1.165) is 29.0 Å². The van der Waals surface area contributed by atoms with Crippen LogP contribution >= 0.6 is 12.4 Å². The van der Waals surface area contributed by atoms with Crippen LogP contribution in [0.5, 0.6) is 5.75 Å². The van der Waals surface area contributed by atoms with E-state index < -0.39 is 0 Å². The highest BCUT2D eigenvalue weighted by Gasteiger charge is 2.13. The third-order valence-corrected chi connectivity index (χ3v) is 2.78. The molecule has 0 aliphatic heterocycles. The fraction of sp³-hybridized carbons (Fsp3) is 0.462. The van der Waals surface area contributed by atoms with Crippen LogP contribution in [-0.4, -0.2) is 17.1 Å². The van der Waals surface area contributed by atoms with E-state index in [2.05, 4.69) is 23.8 Å². The van der Waals surface area contributed by atoms with Crippen LogP contribution in [0.15, 0.2) is 18.2 Å². The Bertz CT molecular complexity index is 510. The van der Waals surface area contributed by atoms with E-state index in [9.17, 15) is 0 Å². The Morgan fingerprint density at radius 1 is 1.39 bits per heavy atom. The van der Waals surface area contributed by atoms with Gasteiger partial charge in [0.15, 0.2) is 0 Å². The molecule has 4 nitrogen and oxygen atoms in total. The Morgan fingerprint density at radius 2 is 2.11 bits per heavy atom. The van der Waals surface area contributed by atoms with Crippen LogP contribution in [0.1, 0.15) is 32.1 Å². The van der Waals surface area contributed by atoms with Crippen LogP contribution < -0.4 is 10.5 Å². The van der Waals surface area contributed by atoms with Gasteiger partial charge in [-0.2, -0.15) is 0 Å². The third-order valence-electron chi connectivity index (χ3n) is 2.78. The molecular formula is C13H20ClN3O. The van der Waals surface area contributed by atoms with Crippen LogP contribution in [0.2, 0.25) is 0 Å². The van der Waals surface area contributed by atoms with Crippen LogP contribution in [0, 0.1) is 5.92 Å². The van der Waals surface area contributed by atoms with E-state index in [1.54, 1.807) is 7.11 Å². The fourth-order valence-corrected chi connectivity index (χ4v) is 1.93. The van der Waals surface area contributed by atoms with Crippen molar-refractivity contribution in [3.63, 3.8) is 0 Å². The van der Waals surface area contributed by atoms with Gasteiger partial charge in [0.25, 0.3) is 0 Å². The Kier molecular flexibility index (Phi) is 4.99. The summed E-state index contributed by atoms with van der Waals surface area (Å²) in [6, 6.07) is 5.75. The normalized spacial score (nSPS) is 12.5. The van der Waals surface area contributed by atoms with Gasteiger partial charge in [0.1, 0.15) is 11.6 Å². The van der Waals surface area contributed by atoms with Gasteiger partial charge in [-0.1, -0.05) is 13.8 Å². The minimum Gasteiger partial charge on any atom is -0.497 e. The maximum Gasteiger partial charge on any atom is 0.124 e. The van der Waals surface area contributed by atoms with Crippen LogP contribution in [0.25, 0.3) is 11.0 Å². The second kappa shape index (κ2) is 6.07. The van der Waals surface area contributed by atoms with Crippen molar-refractivity contribution in [3.8, 4) is 5.75 Å². The monoisotopic (exact) mass is 269 g/mol. The maximum absolute atomic E-state index is 6.11. The summed E-state index contributed by atoms with van der Waals surface area (Å²) in [5.41, 5.74) is 8.01. The Balaban J connectivity index is 0.00000162. The van der Waals surface area contributed by atoms with Crippen molar-refractivity contribution in [1.82, 2.24) is 9.97 Å². The van der Waals surface area contributed by atoms with Gasteiger partial charge in [-0.05, 0) is 24.5 Å². The van der Waals surface area contributed by atoms with Gasteiger partial charge in [-0.25, -0.2) is 4.98 Å². The van der Waals surface area contributed by atoms with Crippen LogP contribution in [0.3, 0.4) is 0 Å². The second-order valence-electron chi connectivity index (χ2n) is 4.74. The molecule has 0 fully saturated rings. The Labute approximate surface area is 113 Å². The molecule has 0 aliphatic rings. The first-order valence-corrected chi connectivity index (χ1v) is 5.89. The van der Waals surface area contributed by atoms with Gasteiger partial charge < -0.3 is 15.5 Å². The number of imidazole rings is 1. The average Bonchev–Trinajstić information content (AvgIpc) is 2.70. The van der Waals surface area contributed by atoms with Gasteiger partial charge in [-0.15, -0.1) is 12.4 Å². The summed E-state index contributed by atoms with van der Waals surface area (Å²) >= 11 is 0. The summed E-state index contributed by atoms with van der Waals surface area (Å²) in [7, 11) is 1.66. The topological polar surface area (TPSA) is 63.9 Å². The number of hydrogen-bond donors (Lipinski definition) is 2. The molecule has 0 spiro atoms. The first-order valence-electron chi connectivity index (χ1n) is 5.89. The number of ether oxygens (including phenoxy) is 1. The average molecular weight is 270 g/mol. The molecule has 1 atom stereocenters. The molecule has 1 aromatic heterocycles. The van der Waals surface area contributed by atoms with Gasteiger partial charge in [0.05, 0.1) is 24.2 Å². The number of nitrogens with one attached hydrogen (secondary N) is 1. The summed E-state index contributed by atoms with van der Waals surface area (Å²) < 4.78 is 5.18. The molecule has 0 unspecified atom stereocenters. The minimum atomic E-state index is -0.0339. The molecular weight excluding hydrogens is 250 g/mol. The van der Waals surface area contributed by atoms with Crippen molar-refractivity contribution in [3.05, 3.63) is 24.0 Å². The molecule has 100 valence electrons. The number of nitrogens with zero attached hydrogens (tertiary/aromatic N) is 1. The lowest BCUT2D eigenvalue weighted by molar-refractivity contribution is 0.415. The molecule has 0 saturated carbocycles. The number of fused-ring (bicyclic) bond motifs is 1. The smallest absolute Gasteiger partial charge is 0.124 e. The number of benzene rings is 1. The van der Waals surface area contributed by atoms with Gasteiger partial charge in [0.2, 0.25) is 0 Å². The Morgan fingerprint density at radius 3 is 2.72 bits per heavy atom. The lowest BCUT2D eigenvalue weighted by Crippen LogP contribution is -2.14. The van der Waals surface area contributed by atoms with E-state index in [1.165, 1.54) is 0 Å². The second-order valence-corrected chi connectivity index (χ2v) is 4.74. The predicted octanol–water partition coefficient (Wildman–Crippen LogP) is 3.04. The highest BCUT2D eigenvalue weighted by Crippen LogP contribution is 2.22. The lowest BCUT2D eigenvalue weighted by atomic mass is 10.0. The van der Waals surface area contributed by atoms with Crippen LogP contribution in [-0.2, 0) is 0 Å². The zero-order valence-corrected chi connectivity index (χ0v) is 11.8. The zero-order chi connectivity index (χ0) is 12.4. The molecule has 2 rings (SSSR count). The molecule has 0 bridgehead atoms. The van der Waals surface area contributed by atoms with Crippen molar-refractivity contribution in [2.75, 3.05) is 7.11 Å². The van der Waals surface area contributed by atoms with E-state index >= 15 is 0 Å². The summed E-state index contributed by atoms with van der Waals surface area (Å²) in [6.45, 7) is 4.32. The number of aromatic amines is 1. The van der Waals surface area contributed by atoms with Gasteiger partial charge in [-0.3, -0.25) is 0 Å². The summed E-state index contributed by atoms with van der Waals surface area (Å²) in [4.78, 5) is 7.76. The molecule has 0 amide bonds. The molecule has 1 heterocycles. The summed E-state index contributed by atoms with van der Waals surface area (Å²) in [5, 5.41) is 0. The number of nitrogens with two attached hydrogens (primary N) is 1. The number of H-pyrrole nitrogens is 1. The number of methoxy groups -OCH3 is 1. The molecule has 18 heavy (non-hydrogen) atoms. The standard InChI is InChI=1S/C13H19N3O.ClH/c1-8(2)6-10(14)13-15-11-5-4-9(17-3)7-12(11)16-13;/h4-5,7-8,10H,6,14H2,1-3H3,(H,15,16);1H/t10-;/m0./s1. The molecule has 0 aliphatic carbocycles. The molecule has 0 saturated heterocycles. The number of rotatable bonds is 4. The Hall–Kier alpha value is -1.26. The lowest BCUT2D eigenvalue weighted by Gasteiger charge is -2.10. The van der Waals surface area contributed by atoms with E-state index in [-0.39, 0.29) is 18.4 Å². The number of hydrogen-bond acceptors (Lipinski definition) is 3. The van der Waals surface area contributed by atoms with Crippen molar-refractivity contribution in [2.45, 2.75) is 26.3 Å². The van der Waals surface area contributed by atoms with Crippen LogP contribution in [0.4, 0.5) is 0 Å². The quantitative estimate of drug-likeness (QED) is 0.897. The van der Waals surface area contributed by atoms with Crippen molar-refractivity contribution in [2.24, 2.45) is 11.7 Å². The van der Waals surface area contributed by atoms with E-state index in [4.69, 9.17) is 10.5 Å². The summed E-state index contributed by atoms with van der Waals surface area (Å²) in [6.07, 6.45) is 0.928. The summed E-state index contributed by atoms with van der Waals surface area (Å²) in [5.74, 6) is 2.24. The van der Waals surface area contributed by atoms with E-state index in [1.807, 2.05) is 18.2 Å². The first-order chi connectivity index (χ1) is 8.10. The largest absolute Gasteiger partial charge is 0.497 e. The third kappa shape index (κ3) is 3.15. The molecule has 3 N–H and O–H groups in total. The maximum atomic E-state index is 6.11. The highest BCUT2D eigenvalue weighted by atomic mass is 35.5. The molecule has 0 radical (unpaired) electrons. The van der Waals surface area contributed by atoms with Gasteiger partial charge in [0, 0.05) is 6.07 Å². The SMILES string of the molecule is COc1ccc2nc([C@@H](N)CC(C)C)[nH]c2c1.Cl. The minimum absolute atomic E-state index is 0. The highest BCUT2D eigenvalue weighted by molar-refractivity contribution is 5.85. The zero-order valence-electron chi connectivity index (χ0n) is 10.9. The number of halogens is 1.